The lowest BCUT2D eigenvalue weighted by atomic mass is 10.2. The maximum atomic E-state index is 12.2. The van der Waals surface area contributed by atoms with Crippen LogP contribution in [0.2, 0.25) is 0 Å². The van der Waals surface area contributed by atoms with Crippen molar-refractivity contribution in [1.82, 2.24) is 20.0 Å². The first-order chi connectivity index (χ1) is 10.7. The Bertz CT molecular complexity index is 811. The Hall–Kier alpha value is -2.61. The van der Waals surface area contributed by atoms with Gasteiger partial charge < -0.3 is 4.42 Å². The molecule has 3 aromatic rings. The van der Waals surface area contributed by atoms with E-state index < -0.39 is 0 Å². The van der Waals surface area contributed by atoms with E-state index in [1.165, 1.54) is 0 Å². The van der Waals surface area contributed by atoms with E-state index in [1.54, 1.807) is 47.9 Å². The molecule has 0 aliphatic rings. The van der Waals surface area contributed by atoms with E-state index in [1.807, 2.05) is 18.4 Å². The van der Waals surface area contributed by atoms with Gasteiger partial charge in [-0.2, -0.15) is 5.10 Å². The van der Waals surface area contributed by atoms with Crippen molar-refractivity contribution in [3.05, 3.63) is 42.1 Å². The number of benzene rings is 1. The minimum absolute atomic E-state index is 0.0516. The molecule has 0 radical (unpaired) electrons. The van der Waals surface area contributed by atoms with Crippen LogP contribution in [-0.4, -0.2) is 32.1 Å². The van der Waals surface area contributed by atoms with Crippen molar-refractivity contribution in [2.24, 2.45) is 7.05 Å². The van der Waals surface area contributed by atoms with Crippen molar-refractivity contribution in [3.63, 3.8) is 0 Å². The predicted molar refractivity (Wildman–Crippen MR) is 82.7 cm³/mol. The number of amides is 1. The Morgan fingerprint density at radius 2 is 2.18 bits per heavy atom. The molecule has 22 heavy (non-hydrogen) atoms. The fraction of sp³-hybridized carbons (Fsp3) is 0.143. The first kappa shape index (κ1) is 14.3. The van der Waals surface area contributed by atoms with Crippen molar-refractivity contribution in [2.45, 2.75) is 4.90 Å². The summed E-state index contributed by atoms with van der Waals surface area (Å²) in [6.45, 7) is 0. The molecule has 0 aliphatic carbocycles. The monoisotopic (exact) mass is 315 g/mol. The van der Waals surface area contributed by atoms with Gasteiger partial charge in [0.05, 0.1) is 0 Å². The Morgan fingerprint density at radius 1 is 1.32 bits per heavy atom. The molecule has 112 valence electrons. The summed E-state index contributed by atoms with van der Waals surface area (Å²) in [4.78, 5) is 13.2. The zero-order chi connectivity index (χ0) is 15.5. The number of nitrogens with zero attached hydrogens (tertiary/aromatic N) is 4. The average Bonchev–Trinajstić information content (AvgIpc) is 3.16. The fourth-order valence-electron chi connectivity index (χ4n) is 1.89. The van der Waals surface area contributed by atoms with Gasteiger partial charge in [-0.15, -0.1) is 16.9 Å². The van der Waals surface area contributed by atoms with Gasteiger partial charge in [-0.3, -0.25) is 14.8 Å². The van der Waals surface area contributed by atoms with Crippen LogP contribution < -0.4 is 5.32 Å². The summed E-state index contributed by atoms with van der Waals surface area (Å²) in [5, 5.41) is 14.4. The number of anilines is 1. The van der Waals surface area contributed by atoms with Crippen molar-refractivity contribution < 1.29 is 9.21 Å². The van der Waals surface area contributed by atoms with E-state index in [0.717, 1.165) is 4.90 Å². The lowest BCUT2D eigenvalue weighted by molar-refractivity contribution is 0.102. The molecule has 1 aromatic carbocycles. The van der Waals surface area contributed by atoms with Gasteiger partial charge in [0.15, 0.2) is 0 Å². The van der Waals surface area contributed by atoms with Gasteiger partial charge in [-0.25, -0.2) is 0 Å². The zero-order valence-electron chi connectivity index (χ0n) is 12.0. The molecule has 7 nitrogen and oxygen atoms in total. The van der Waals surface area contributed by atoms with Crippen molar-refractivity contribution >= 4 is 23.7 Å². The minimum Gasteiger partial charge on any atom is -0.401 e. The predicted octanol–water partition coefficient (Wildman–Crippen LogP) is 2.44. The van der Waals surface area contributed by atoms with Crippen LogP contribution in [0.4, 0.5) is 6.01 Å². The second-order valence-electron chi connectivity index (χ2n) is 4.44. The highest BCUT2D eigenvalue weighted by Gasteiger charge is 2.14. The quantitative estimate of drug-likeness (QED) is 0.744. The molecule has 0 aliphatic heterocycles. The van der Waals surface area contributed by atoms with Gasteiger partial charge in [0.25, 0.3) is 11.8 Å². The number of aromatic nitrogens is 4. The molecule has 8 heteroatoms. The molecule has 0 saturated heterocycles. The van der Waals surface area contributed by atoms with Crippen LogP contribution in [-0.2, 0) is 7.05 Å². The Balaban J connectivity index is 1.77. The number of hydrogen-bond donors (Lipinski definition) is 1. The molecule has 1 amide bonds. The lowest BCUT2D eigenvalue weighted by Crippen LogP contribution is -2.12. The maximum Gasteiger partial charge on any atom is 0.322 e. The number of aryl methyl sites for hydroxylation is 1. The molecule has 0 bridgehead atoms. The molecule has 2 heterocycles. The van der Waals surface area contributed by atoms with Crippen LogP contribution in [0.15, 0.2) is 45.8 Å². The summed E-state index contributed by atoms with van der Waals surface area (Å²) < 4.78 is 7.05. The van der Waals surface area contributed by atoms with E-state index in [-0.39, 0.29) is 11.9 Å². The first-order valence-corrected chi connectivity index (χ1v) is 7.67. The molecule has 0 saturated carbocycles. The van der Waals surface area contributed by atoms with E-state index in [0.29, 0.717) is 17.1 Å². The highest BCUT2D eigenvalue weighted by molar-refractivity contribution is 7.98. The average molecular weight is 315 g/mol. The molecule has 1 N–H and O–H groups in total. The first-order valence-electron chi connectivity index (χ1n) is 6.44. The zero-order valence-corrected chi connectivity index (χ0v) is 12.8. The Kier molecular flexibility index (Phi) is 3.92. The Labute approximate surface area is 130 Å². The fourth-order valence-corrected chi connectivity index (χ4v) is 2.35. The van der Waals surface area contributed by atoms with Crippen molar-refractivity contribution in [3.8, 4) is 11.6 Å². The van der Waals surface area contributed by atoms with Crippen LogP contribution in [0, 0.1) is 0 Å². The summed E-state index contributed by atoms with van der Waals surface area (Å²) in [6.07, 6.45) is 3.58. The number of thioether (sulfide) groups is 1. The second kappa shape index (κ2) is 6.02. The molecule has 3 rings (SSSR count). The number of nitrogens with one attached hydrogen (secondary N) is 1. The highest BCUT2D eigenvalue weighted by Crippen LogP contribution is 2.20. The molecule has 0 fully saturated rings. The van der Waals surface area contributed by atoms with Crippen LogP contribution in [0.3, 0.4) is 0 Å². The molecular weight excluding hydrogens is 302 g/mol. The van der Waals surface area contributed by atoms with E-state index in [4.69, 9.17) is 4.42 Å². The third-order valence-corrected chi connectivity index (χ3v) is 3.74. The smallest absolute Gasteiger partial charge is 0.322 e. The molecule has 0 spiro atoms. The second-order valence-corrected chi connectivity index (χ2v) is 5.32. The molecular formula is C14H13N5O2S. The molecule has 2 aromatic heterocycles. The number of carbonyl (C=O) groups is 1. The van der Waals surface area contributed by atoms with Crippen LogP contribution in [0.5, 0.6) is 0 Å². The third-order valence-electron chi connectivity index (χ3n) is 3.02. The van der Waals surface area contributed by atoms with Gasteiger partial charge in [0.1, 0.15) is 5.69 Å². The minimum atomic E-state index is -0.295. The lowest BCUT2D eigenvalue weighted by Gasteiger charge is -2.02. The normalized spacial score (nSPS) is 10.6. The van der Waals surface area contributed by atoms with Crippen molar-refractivity contribution in [1.29, 1.82) is 0 Å². The third kappa shape index (κ3) is 2.86. The van der Waals surface area contributed by atoms with Crippen LogP contribution in [0.25, 0.3) is 11.6 Å². The number of carbonyl (C=O) groups excluding carboxylic acids is 1. The highest BCUT2D eigenvalue weighted by atomic mass is 32.2. The van der Waals surface area contributed by atoms with Gasteiger partial charge in [0.2, 0.25) is 0 Å². The maximum absolute atomic E-state index is 12.2. The van der Waals surface area contributed by atoms with Gasteiger partial charge >= 0.3 is 6.01 Å². The summed E-state index contributed by atoms with van der Waals surface area (Å²) in [6, 6.07) is 9.10. The number of rotatable bonds is 4. The van der Waals surface area contributed by atoms with Gasteiger partial charge in [0, 0.05) is 23.7 Å². The summed E-state index contributed by atoms with van der Waals surface area (Å²) in [5.74, 6) is 0.00395. The number of hydrogen-bond acceptors (Lipinski definition) is 6. The van der Waals surface area contributed by atoms with E-state index in [9.17, 15) is 4.79 Å². The van der Waals surface area contributed by atoms with Crippen LogP contribution >= 0.6 is 11.8 Å². The summed E-state index contributed by atoms with van der Waals surface area (Å²) in [7, 11) is 1.77. The van der Waals surface area contributed by atoms with Gasteiger partial charge in [-0.1, -0.05) is 11.2 Å². The van der Waals surface area contributed by atoms with Crippen LogP contribution in [0.1, 0.15) is 10.4 Å². The SMILES string of the molecule is CSc1cccc(C(=O)Nc2nnc(-c3ccnn3C)o2)c1. The standard InChI is InChI=1S/C14H13N5O2S/c1-19-11(6-7-15-19)13-17-18-14(21-13)16-12(20)9-4-3-5-10(8-9)22-2/h3-8H,1-2H3,(H,16,18,20). The molecule has 0 unspecified atom stereocenters. The summed E-state index contributed by atoms with van der Waals surface area (Å²) >= 11 is 1.57. The van der Waals surface area contributed by atoms with E-state index in [2.05, 4.69) is 20.6 Å². The van der Waals surface area contributed by atoms with E-state index >= 15 is 0 Å². The topological polar surface area (TPSA) is 85.8 Å². The van der Waals surface area contributed by atoms with Crippen molar-refractivity contribution in [2.75, 3.05) is 11.6 Å². The largest absolute Gasteiger partial charge is 0.401 e. The molecule has 0 atom stereocenters. The Morgan fingerprint density at radius 3 is 2.91 bits per heavy atom. The summed E-state index contributed by atoms with van der Waals surface area (Å²) in [5.41, 5.74) is 1.21. The van der Waals surface area contributed by atoms with Gasteiger partial charge in [-0.05, 0) is 30.5 Å².